The zero-order valence-electron chi connectivity index (χ0n) is 18.0. The maximum atomic E-state index is 13.1. The number of urea groups is 1. The lowest BCUT2D eigenvalue weighted by atomic mass is 10.1. The van der Waals surface area contributed by atoms with Gasteiger partial charge in [0.1, 0.15) is 4.88 Å². The number of carbonyl (C=O) groups excluding carboxylic acids is 2. The highest BCUT2D eigenvalue weighted by atomic mass is 32.1. The second kappa shape index (κ2) is 8.39. The van der Waals surface area contributed by atoms with E-state index in [-0.39, 0.29) is 5.91 Å². The Hall–Kier alpha value is -3.19. The number of anilines is 2. The topological polar surface area (TPSA) is 88.3 Å². The zero-order chi connectivity index (χ0) is 22.2. The fraction of sp³-hybridized carbons (Fsp3) is 0.320. The van der Waals surface area contributed by atoms with Gasteiger partial charge in [-0.15, -0.1) is 0 Å². The summed E-state index contributed by atoms with van der Waals surface area (Å²) in [6.07, 6.45) is 4.65. The van der Waals surface area contributed by atoms with Crippen molar-refractivity contribution in [2.75, 3.05) is 11.4 Å². The van der Waals surface area contributed by atoms with Gasteiger partial charge in [0.05, 0.1) is 11.4 Å². The van der Waals surface area contributed by atoms with E-state index in [9.17, 15) is 9.59 Å². The lowest BCUT2D eigenvalue weighted by Crippen LogP contribution is -2.32. The second-order valence-electron chi connectivity index (χ2n) is 8.69. The first-order chi connectivity index (χ1) is 15.5. The number of primary amides is 1. The first-order valence-electron chi connectivity index (χ1n) is 11.1. The van der Waals surface area contributed by atoms with E-state index in [4.69, 9.17) is 10.7 Å². The third kappa shape index (κ3) is 4.25. The first-order valence-corrected chi connectivity index (χ1v) is 11.9. The molecule has 3 amide bonds. The smallest absolute Gasteiger partial charge is 0.325 e. The van der Waals surface area contributed by atoms with Gasteiger partial charge in [0.15, 0.2) is 5.13 Å². The fourth-order valence-corrected chi connectivity index (χ4v) is 4.87. The first kappa shape index (κ1) is 20.7. The molecule has 2 aromatic carbocycles. The average molecular weight is 447 g/mol. The van der Waals surface area contributed by atoms with Crippen LogP contribution >= 0.6 is 11.3 Å². The standard InChI is InChI=1S/C25H26N4O2S/c1-15-7-10-19(17-11-12-17)13-20(15)29(24(26)31)25-28-21(18-5-3-2-4-6-18)22(32-25)23(30)27-14-16-8-9-16/h2-7,10,13,16-17H,8-9,11-12,14H2,1H3,(H2,26,31)(H,27,30). The van der Waals surface area contributed by atoms with Crippen molar-refractivity contribution in [3.63, 3.8) is 0 Å². The Labute approximate surface area is 191 Å². The highest BCUT2D eigenvalue weighted by molar-refractivity contribution is 7.18. The van der Waals surface area contributed by atoms with Crippen LogP contribution in [0.3, 0.4) is 0 Å². The van der Waals surface area contributed by atoms with Crippen molar-refractivity contribution in [2.45, 2.75) is 38.5 Å². The van der Waals surface area contributed by atoms with Crippen LogP contribution in [0.2, 0.25) is 0 Å². The van der Waals surface area contributed by atoms with E-state index in [1.807, 2.05) is 49.4 Å². The summed E-state index contributed by atoms with van der Waals surface area (Å²) < 4.78 is 0. The number of nitrogens with two attached hydrogens (primary N) is 1. The molecule has 3 aromatic rings. The van der Waals surface area contributed by atoms with Gasteiger partial charge in [0.25, 0.3) is 5.91 Å². The third-order valence-corrected chi connectivity index (χ3v) is 7.09. The number of benzene rings is 2. The Morgan fingerprint density at radius 1 is 1.12 bits per heavy atom. The van der Waals surface area contributed by atoms with E-state index in [0.29, 0.717) is 34.1 Å². The fourth-order valence-electron chi connectivity index (χ4n) is 3.84. The number of nitrogens with one attached hydrogen (secondary N) is 1. The van der Waals surface area contributed by atoms with E-state index < -0.39 is 6.03 Å². The van der Waals surface area contributed by atoms with Crippen molar-refractivity contribution >= 4 is 34.1 Å². The molecule has 7 heteroatoms. The molecule has 0 spiro atoms. The van der Waals surface area contributed by atoms with Crippen molar-refractivity contribution in [1.29, 1.82) is 0 Å². The molecule has 0 unspecified atom stereocenters. The van der Waals surface area contributed by atoms with Crippen LogP contribution in [-0.2, 0) is 0 Å². The molecule has 2 aliphatic rings. The lowest BCUT2D eigenvalue weighted by molar-refractivity contribution is 0.0956. The summed E-state index contributed by atoms with van der Waals surface area (Å²) in [5, 5.41) is 3.44. The van der Waals surface area contributed by atoms with Crippen molar-refractivity contribution in [3.8, 4) is 11.3 Å². The molecule has 0 saturated heterocycles. The van der Waals surface area contributed by atoms with E-state index >= 15 is 0 Å². The van der Waals surface area contributed by atoms with Crippen LogP contribution in [0, 0.1) is 12.8 Å². The second-order valence-corrected chi connectivity index (χ2v) is 9.66. The van der Waals surface area contributed by atoms with Gasteiger partial charge in [-0.25, -0.2) is 14.7 Å². The Bertz CT molecular complexity index is 1170. The Kier molecular flexibility index (Phi) is 5.43. The van der Waals surface area contributed by atoms with Crippen LogP contribution in [-0.4, -0.2) is 23.5 Å². The van der Waals surface area contributed by atoms with Crippen molar-refractivity contribution in [2.24, 2.45) is 11.7 Å². The summed E-state index contributed by atoms with van der Waals surface area (Å²) in [7, 11) is 0. The number of hydrogen-bond acceptors (Lipinski definition) is 4. The largest absolute Gasteiger partial charge is 0.351 e. The molecule has 6 nitrogen and oxygen atoms in total. The van der Waals surface area contributed by atoms with Gasteiger partial charge < -0.3 is 11.1 Å². The molecular weight excluding hydrogens is 420 g/mol. The molecule has 164 valence electrons. The number of amides is 3. The summed E-state index contributed by atoms with van der Waals surface area (Å²) in [5.74, 6) is 0.956. The monoisotopic (exact) mass is 446 g/mol. The van der Waals surface area contributed by atoms with Gasteiger partial charge in [-0.3, -0.25) is 4.79 Å². The van der Waals surface area contributed by atoms with Gasteiger partial charge >= 0.3 is 6.03 Å². The molecular formula is C25H26N4O2S. The summed E-state index contributed by atoms with van der Waals surface area (Å²) in [4.78, 5) is 32.4. The predicted octanol–water partition coefficient (Wildman–Crippen LogP) is 5.35. The lowest BCUT2D eigenvalue weighted by Gasteiger charge is -2.20. The number of aromatic nitrogens is 1. The molecule has 0 bridgehead atoms. The number of hydrogen-bond donors (Lipinski definition) is 2. The number of nitrogens with zero attached hydrogens (tertiary/aromatic N) is 2. The predicted molar refractivity (Wildman–Crippen MR) is 127 cm³/mol. The van der Waals surface area contributed by atoms with Gasteiger partial charge in [-0.2, -0.15) is 0 Å². The molecule has 0 aliphatic heterocycles. The normalized spacial score (nSPS) is 15.4. The average Bonchev–Trinajstić information content (AvgIpc) is 3.72. The highest BCUT2D eigenvalue weighted by Gasteiger charge is 2.30. The molecule has 2 aliphatic carbocycles. The number of carbonyl (C=O) groups is 2. The van der Waals surface area contributed by atoms with E-state index in [1.165, 1.54) is 34.6 Å². The van der Waals surface area contributed by atoms with Crippen molar-refractivity contribution in [3.05, 3.63) is 64.5 Å². The molecule has 3 N–H and O–H groups in total. The Morgan fingerprint density at radius 2 is 1.88 bits per heavy atom. The van der Waals surface area contributed by atoms with Gasteiger partial charge in [0, 0.05) is 12.1 Å². The van der Waals surface area contributed by atoms with Crippen molar-refractivity contribution < 1.29 is 9.59 Å². The summed E-state index contributed by atoms with van der Waals surface area (Å²) in [6, 6.07) is 15.1. The van der Waals surface area contributed by atoms with Crippen LogP contribution in [0.1, 0.15) is 52.4 Å². The quantitative estimate of drug-likeness (QED) is 0.513. The van der Waals surface area contributed by atoms with E-state index in [2.05, 4.69) is 11.4 Å². The van der Waals surface area contributed by atoms with Gasteiger partial charge in [-0.05, 0) is 61.6 Å². The summed E-state index contributed by atoms with van der Waals surface area (Å²) >= 11 is 1.21. The minimum absolute atomic E-state index is 0.160. The molecule has 0 radical (unpaired) electrons. The molecule has 2 saturated carbocycles. The maximum absolute atomic E-state index is 13.1. The SMILES string of the molecule is Cc1ccc(C2CC2)cc1N(C(N)=O)c1nc(-c2ccccc2)c(C(=O)NCC2CC2)s1. The Balaban J connectivity index is 1.57. The zero-order valence-corrected chi connectivity index (χ0v) is 18.8. The van der Waals surface area contributed by atoms with E-state index in [0.717, 1.165) is 29.7 Å². The third-order valence-electron chi connectivity index (χ3n) is 6.05. The Morgan fingerprint density at radius 3 is 2.53 bits per heavy atom. The van der Waals surface area contributed by atoms with Crippen molar-refractivity contribution in [1.82, 2.24) is 10.3 Å². The van der Waals surface area contributed by atoms with Crippen LogP contribution < -0.4 is 16.0 Å². The molecule has 5 rings (SSSR count). The van der Waals surface area contributed by atoms with Gasteiger partial charge in [-0.1, -0.05) is 53.8 Å². The minimum atomic E-state index is -0.612. The number of rotatable bonds is 7. The van der Waals surface area contributed by atoms with Crippen LogP contribution in [0.15, 0.2) is 48.5 Å². The number of thiazole rings is 1. The highest BCUT2D eigenvalue weighted by Crippen LogP contribution is 2.43. The van der Waals surface area contributed by atoms with Crippen LogP contribution in [0.5, 0.6) is 0 Å². The van der Waals surface area contributed by atoms with Crippen LogP contribution in [0.25, 0.3) is 11.3 Å². The number of aryl methyl sites for hydroxylation is 1. The molecule has 2 fully saturated rings. The molecule has 0 atom stereocenters. The molecule has 32 heavy (non-hydrogen) atoms. The maximum Gasteiger partial charge on any atom is 0.325 e. The van der Waals surface area contributed by atoms with Crippen LogP contribution in [0.4, 0.5) is 15.6 Å². The van der Waals surface area contributed by atoms with Gasteiger partial charge in [0.2, 0.25) is 0 Å². The van der Waals surface area contributed by atoms with E-state index in [1.54, 1.807) is 0 Å². The molecule has 1 heterocycles. The molecule has 1 aromatic heterocycles. The summed E-state index contributed by atoms with van der Waals surface area (Å²) in [6.45, 7) is 2.62. The minimum Gasteiger partial charge on any atom is -0.351 e. The summed E-state index contributed by atoms with van der Waals surface area (Å²) in [5.41, 5.74) is 10.1.